The summed E-state index contributed by atoms with van der Waals surface area (Å²) in [5, 5.41) is 10.3. The lowest BCUT2D eigenvalue weighted by Crippen LogP contribution is -2.27. The molecular formula is C10H9N3O4S. The second-order valence-electron chi connectivity index (χ2n) is 3.68. The standard InChI is InChI=1S/C10H9N3O4S/c11-7-3-6(1-2-8(7)13(16)17)4-12-9(14)5-18-10(12)15/h1-3H,4-5,11H2. The van der Waals surface area contributed by atoms with E-state index in [1.165, 1.54) is 18.2 Å². The van der Waals surface area contributed by atoms with Gasteiger partial charge in [-0.25, -0.2) is 0 Å². The van der Waals surface area contributed by atoms with Crippen LogP contribution in [0.1, 0.15) is 5.56 Å². The van der Waals surface area contributed by atoms with E-state index < -0.39 is 4.92 Å². The Kier molecular flexibility index (Phi) is 3.19. The van der Waals surface area contributed by atoms with Crippen LogP contribution in [0.2, 0.25) is 0 Å². The zero-order chi connectivity index (χ0) is 13.3. The van der Waals surface area contributed by atoms with E-state index in [0.717, 1.165) is 16.7 Å². The van der Waals surface area contributed by atoms with E-state index in [0.29, 0.717) is 5.56 Å². The number of nitrogen functional groups attached to an aromatic ring is 1. The number of anilines is 1. The quantitative estimate of drug-likeness (QED) is 0.503. The van der Waals surface area contributed by atoms with Gasteiger partial charge in [-0.2, -0.15) is 0 Å². The number of hydrogen-bond acceptors (Lipinski definition) is 6. The molecule has 1 aromatic carbocycles. The van der Waals surface area contributed by atoms with Gasteiger partial charge in [0.15, 0.2) is 0 Å². The smallest absolute Gasteiger partial charge is 0.292 e. The topological polar surface area (TPSA) is 107 Å². The zero-order valence-corrected chi connectivity index (χ0v) is 9.98. The Morgan fingerprint density at radius 1 is 1.44 bits per heavy atom. The summed E-state index contributed by atoms with van der Waals surface area (Å²) in [5.41, 5.74) is 5.95. The lowest BCUT2D eigenvalue weighted by molar-refractivity contribution is -0.383. The Bertz CT molecular complexity index is 530. The normalized spacial score (nSPS) is 15.2. The van der Waals surface area contributed by atoms with Crippen LogP contribution in [0.3, 0.4) is 0 Å². The molecule has 0 saturated carbocycles. The first-order valence-corrected chi connectivity index (χ1v) is 5.97. The molecule has 1 aliphatic heterocycles. The van der Waals surface area contributed by atoms with Crippen molar-refractivity contribution in [3.63, 3.8) is 0 Å². The first-order chi connectivity index (χ1) is 8.49. The second kappa shape index (κ2) is 4.65. The summed E-state index contributed by atoms with van der Waals surface area (Å²) in [7, 11) is 0. The van der Waals surface area contributed by atoms with E-state index >= 15 is 0 Å². The van der Waals surface area contributed by atoms with Crippen molar-refractivity contribution in [3.8, 4) is 0 Å². The molecule has 2 amide bonds. The third-order valence-electron chi connectivity index (χ3n) is 2.47. The Labute approximate surface area is 106 Å². The Morgan fingerprint density at radius 2 is 2.17 bits per heavy atom. The van der Waals surface area contributed by atoms with Gasteiger partial charge in [0.25, 0.3) is 10.9 Å². The van der Waals surface area contributed by atoms with Crippen LogP contribution in [0.4, 0.5) is 16.2 Å². The van der Waals surface area contributed by atoms with Gasteiger partial charge in [-0.1, -0.05) is 17.8 Å². The van der Waals surface area contributed by atoms with Gasteiger partial charge in [0.05, 0.1) is 17.2 Å². The van der Waals surface area contributed by atoms with Crippen LogP contribution < -0.4 is 5.73 Å². The highest BCUT2D eigenvalue weighted by Crippen LogP contribution is 2.25. The molecule has 0 aliphatic carbocycles. The average molecular weight is 267 g/mol. The Morgan fingerprint density at radius 3 is 2.67 bits per heavy atom. The van der Waals surface area contributed by atoms with Crippen molar-refractivity contribution in [2.75, 3.05) is 11.5 Å². The first kappa shape index (κ1) is 12.4. The number of carbonyl (C=O) groups excluding carboxylic acids is 2. The summed E-state index contributed by atoms with van der Waals surface area (Å²) in [4.78, 5) is 33.9. The maximum atomic E-state index is 11.4. The minimum Gasteiger partial charge on any atom is -0.393 e. The summed E-state index contributed by atoms with van der Waals surface area (Å²) in [5.74, 6) is -0.122. The fourth-order valence-electron chi connectivity index (χ4n) is 1.59. The van der Waals surface area contributed by atoms with Gasteiger partial charge in [0, 0.05) is 6.07 Å². The molecule has 0 unspecified atom stereocenters. The molecular weight excluding hydrogens is 258 g/mol. The van der Waals surface area contributed by atoms with Crippen molar-refractivity contribution < 1.29 is 14.5 Å². The van der Waals surface area contributed by atoms with E-state index in [1.807, 2.05) is 0 Å². The molecule has 8 heteroatoms. The van der Waals surface area contributed by atoms with Crippen LogP contribution in [0.25, 0.3) is 0 Å². The highest BCUT2D eigenvalue weighted by atomic mass is 32.2. The summed E-state index contributed by atoms with van der Waals surface area (Å²) < 4.78 is 0. The monoisotopic (exact) mass is 267 g/mol. The number of nitrogens with zero attached hydrogens (tertiary/aromatic N) is 2. The zero-order valence-electron chi connectivity index (χ0n) is 9.16. The number of amides is 2. The van der Waals surface area contributed by atoms with E-state index in [2.05, 4.69) is 0 Å². The summed E-state index contributed by atoms with van der Waals surface area (Å²) in [6.07, 6.45) is 0. The predicted octanol–water partition coefficient (Wildman–Crippen LogP) is 1.37. The molecule has 2 rings (SSSR count). The van der Waals surface area contributed by atoms with Gasteiger partial charge in [0.2, 0.25) is 5.91 Å². The molecule has 0 aromatic heterocycles. The number of nitro groups is 1. The van der Waals surface area contributed by atoms with Gasteiger partial charge in [-0.15, -0.1) is 0 Å². The minimum absolute atomic E-state index is 0.0178. The highest BCUT2D eigenvalue weighted by molar-refractivity contribution is 8.14. The lowest BCUT2D eigenvalue weighted by atomic mass is 10.1. The molecule has 1 saturated heterocycles. The summed E-state index contributed by atoms with van der Waals surface area (Å²) in [6.45, 7) is 0.0901. The average Bonchev–Trinajstić information content (AvgIpc) is 2.60. The minimum atomic E-state index is -0.582. The molecule has 1 aliphatic rings. The number of nitrogens with two attached hydrogens (primary N) is 1. The van der Waals surface area contributed by atoms with Crippen LogP contribution >= 0.6 is 11.8 Å². The largest absolute Gasteiger partial charge is 0.393 e. The third kappa shape index (κ3) is 2.28. The molecule has 18 heavy (non-hydrogen) atoms. The fraction of sp³-hybridized carbons (Fsp3) is 0.200. The molecule has 2 N–H and O–H groups in total. The number of hydrogen-bond donors (Lipinski definition) is 1. The SMILES string of the molecule is Nc1cc(CN2C(=O)CSC2=O)ccc1[N+](=O)[O-]. The van der Waals surface area contributed by atoms with E-state index in [1.54, 1.807) is 0 Å². The number of carbonyl (C=O) groups is 2. The third-order valence-corrected chi connectivity index (χ3v) is 3.33. The predicted molar refractivity (Wildman–Crippen MR) is 65.9 cm³/mol. The van der Waals surface area contributed by atoms with Gasteiger partial charge in [0.1, 0.15) is 5.69 Å². The number of thioether (sulfide) groups is 1. The molecule has 0 bridgehead atoms. The van der Waals surface area contributed by atoms with Crippen LogP contribution in [-0.2, 0) is 11.3 Å². The van der Waals surface area contributed by atoms with Crippen LogP contribution in [0, 0.1) is 10.1 Å². The van der Waals surface area contributed by atoms with Crippen LogP contribution in [0.5, 0.6) is 0 Å². The fourth-order valence-corrected chi connectivity index (χ4v) is 2.31. The number of nitro benzene ring substituents is 1. The molecule has 7 nitrogen and oxygen atoms in total. The van der Waals surface area contributed by atoms with Crippen molar-refractivity contribution in [1.29, 1.82) is 0 Å². The van der Waals surface area contributed by atoms with Crippen LogP contribution in [-0.4, -0.2) is 26.7 Å². The number of rotatable bonds is 3. The van der Waals surface area contributed by atoms with Crippen LogP contribution in [0.15, 0.2) is 18.2 Å². The number of imide groups is 1. The van der Waals surface area contributed by atoms with Crippen molar-refractivity contribution >= 4 is 34.3 Å². The maximum Gasteiger partial charge on any atom is 0.292 e. The molecule has 0 radical (unpaired) electrons. The summed E-state index contributed by atoms with van der Waals surface area (Å²) in [6, 6.07) is 4.16. The summed E-state index contributed by atoms with van der Waals surface area (Å²) >= 11 is 0.943. The number of benzene rings is 1. The molecule has 0 spiro atoms. The molecule has 1 fully saturated rings. The first-order valence-electron chi connectivity index (χ1n) is 4.99. The van der Waals surface area contributed by atoms with Crippen molar-refractivity contribution in [2.24, 2.45) is 0 Å². The van der Waals surface area contributed by atoms with Gasteiger partial charge in [-0.05, 0) is 11.6 Å². The van der Waals surface area contributed by atoms with E-state index in [-0.39, 0.29) is 34.8 Å². The maximum absolute atomic E-state index is 11.4. The molecule has 1 heterocycles. The molecule has 1 aromatic rings. The highest BCUT2D eigenvalue weighted by Gasteiger charge is 2.29. The Hall–Kier alpha value is -2.09. The van der Waals surface area contributed by atoms with Gasteiger partial charge in [-0.3, -0.25) is 24.6 Å². The van der Waals surface area contributed by atoms with E-state index in [4.69, 9.17) is 5.73 Å². The van der Waals surface area contributed by atoms with E-state index in [9.17, 15) is 19.7 Å². The molecule has 94 valence electrons. The van der Waals surface area contributed by atoms with Crippen molar-refractivity contribution in [1.82, 2.24) is 4.90 Å². The molecule has 0 atom stereocenters. The van der Waals surface area contributed by atoms with Gasteiger partial charge < -0.3 is 5.73 Å². The van der Waals surface area contributed by atoms with Crippen molar-refractivity contribution in [2.45, 2.75) is 6.54 Å². The second-order valence-corrected chi connectivity index (χ2v) is 4.61. The lowest BCUT2D eigenvalue weighted by Gasteiger charge is -2.12. The van der Waals surface area contributed by atoms with Crippen molar-refractivity contribution in [3.05, 3.63) is 33.9 Å². The van der Waals surface area contributed by atoms with Gasteiger partial charge >= 0.3 is 0 Å². The Balaban J connectivity index is 2.20.